The molecular weight excluding hydrogens is 120 g/mol. The van der Waals surface area contributed by atoms with E-state index < -0.39 is 0 Å². The van der Waals surface area contributed by atoms with Crippen LogP contribution in [-0.2, 0) is 0 Å². The third-order valence-corrected chi connectivity index (χ3v) is 3.00. The van der Waals surface area contributed by atoms with Gasteiger partial charge in [-0.3, -0.25) is 0 Å². The fourth-order valence-electron chi connectivity index (χ4n) is 2.18. The summed E-state index contributed by atoms with van der Waals surface area (Å²) < 4.78 is 0. The van der Waals surface area contributed by atoms with E-state index in [2.05, 4.69) is 20.8 Å². The van der Waals surface area contributed by atoms with Crippen molar-refractivity contribution in [3.05, 3.63) is 0 Å². The maximum absolute atomic E-state index is 2.46. The molecule has 1 saturated carbocycles. The predicted octanol–water partition coefficient (Wildman–Crippen LogP) is 3.61. The molecule has 0 aliphatic heterocycles. The Bertz CT molecular complexity index is 107. The van der Waals surface area contributed by atoms with Crippen molar-refractivity contribution in [1.29, 1.82) is 0 Å². The lowest BCUT2D eigenvalue weighted by Crippen LogP contribution is -1.96. The Morgan fingerprint density at radius 3 is 2.50 bits per heavy atom. The van der Waals surface area contributed by atoms with Crippen LogP contribution < -0.4 is 0 Å². The summed E-state index contributed by atoms with van der Waals surface area (Å²) >= 11 is 0. The molecule has 2 atom stereocenters. The van der Waals surface area contributed by atoms with Crippen molar-refractivity contribution in [1.82, 2.24) is 0 Å². The van der Waals surface area contributed by atoms with Crippen molar-refractivity contribution < 1.29 is 0 Å². The van der Waals surface area contributed by atoms with Gasteiger partial charge in [0.2, 0.25) is 0 Å². The topological polar surface area (TPSA) is 0 Å². The van der Waals surface area contributed by atoms with E-state index in [1.54, 1.807) is 0 Å². The lowest BCUT2D eigenvalue weighted by molar-refractivity contribution is 0.439. The maximum Gasteiger partial charge on any atom is -0.0295 e. The zero-order valence-corrected chi connectivity index (χ0v) is 7.61. The summed E-state index contributed by atoms with van der Waals surface area (Å²) in [5.41, 5.74) is 0.769. The van der Waals surface area contributed by atoms with Gasteiger partial charge in [0.25, 0.3) is 0 Å². The highest BCUT2D eigenvalue weighted by Crippen LogP contribution is 2.57. The standard InChI is InChI=1S/C10H20/c1-4-6-9-8-10(9,3)7-5-2/h9H,4-8H2,1-3H3. The van der Waals surface area contributed by atoms with Gasteiger partial charge in [-0.1, -0.05) is 40.0 Å². The van der Waals surface area contributed by atoms with Crippen LogP contribution in [0.2, 0.25) is 0 Å². The van der Waals surface area contributed by atoms with E-state index in [1.807, 2.05) is 0 Å². The molecule has 0 bridgehead atoms. The largest absolute Gasteiger partial charge is 0.0654 e. The maximum atomic E-state index is 2.46. The van der Waals surface area contributed by atoms with Gasteiger partial charge in [0, 0.05) is 0 Å². The van der Waals surface area contributed by atoms with E-state index in [0.717, 1.165) is 11.3 Å². The smallest absolute Gasteiger partial charge is 0.0295 e. The monoisotopic (exact) mass is 140 g/mol. The minimum atomic E-state index is 0.769. The molecule has 0 heteroatoms. The molecule has 0 nitrogen and oxygen atoms in total. The van der Waals surface area contributed by atoms with Gasteiger partial charge in [-0.05, 0) is 24.2 Å². The van der Waals surface area contributed by atoms with E-state index in [-0.39, 0.29) is 0 Å². The Labute approximate surface area is 65.0 Å². The highest BCUT2D eigenvalue weighted by atomic mass is 14.5. The molecule has 0 N–H and O–H groups in total. The Balaban J connectivity index is 2.19. The Kier molecular flexibility index (Phi) is 2.38. The molecule has 1 rings (SSSR count). The summed E-state index contributed by atoms with van der Waals surface area (Å²) in [6.45, 7) is 7.05. The van der Waals surface area contributed by atoms with Gasteiger partial charge in [-0.2, -0.15) is 0 Å². The number of rotatable bonds is 4. The van der Waals surface area contributed by atoms with Crippen LogP contribution in [0.5, 0.6) is 0 Å². The average Bonchev–Trinajstić information content (AvgIpc) is 2.44. The predicted molar refractivity (Wildman–Crippen MR) is 46.0 cm³/mol. The molecule has 60 valence electrons. The molecule has 0 saturated heterocycles. The first-order chi connectivity index (χ1) is 4.73. The lowest BCUT2D eigenvalue weighted by atomic mass is 9.98. The molecule has 0 amide bonds. The van der Waals surface area contributed by atoms with E-state index in [4.69, 9.17) is 0 Å². The summed E-state index contributed by atoms with van der Waals surface area (Å²) in [6, 6.07) is 0. The first-order valence-corrected chi connectivity index (χ1v) is 4.73. The van der Waals surface area contributed by atoms with Gasteiger partial charge in [0.1, 0.15) is 0 Å². The fraction of sp³-hybridized carbons (Fsp3) is 1.00. The quantitative estimate of drug-likeness (QED) is 0.559. The zero-order chi connectivity index (χ0) is 7.61. The second-order valence-electron chi connectivity index (χ2n) is 4.09. The van der Waals surface area contributed by atoms with Crippen molar-refractivity contribution in [2.24, 2.45) is 11.3 Å². The number of hydrogen-bond donors (Lipinski definition) is 0. The molecule has 0 aromatic rings. The Hall–Kier alpha value is 0. The average molecular weight is 140 g/mol. The van der Waals surface area contributed by atoms with Crippen molar-refractivity contribution in [2.75, 3.05) is 0 Å². The molecule has 0 aromatic carbocycles. The second kappa shape index (κ2) is 2.94. The molecule has 2 unspecified atom stereocenters. The van der Waals surface area contributed by atoms with Crippen molar-refractivity contribution in [2.45, 2.75) is 52.9 Å². The van der Waals surface area contributed by atoms with Crippen molar-refractivity contribution in [3.63, 3.8) is 0 Å². The molecule has 0 heterocycles. The van der Waals surface area contributed by atoms with Gasteiger partial charge in [0.05, 0.1) is 0 Å². The van der Waals surface area contributed by atoms with Crippen LogP contribution in [0.4, 0.5) is 0 Å². The lowest BCUT2D eigenvalue weighted by Gasteiger charge is -2.07. The first-order valence-electron chi connectivity index (χ1n) is 4.73. The van der Waals surface area contributed by atoms with E-state index in [1.165, 1.54) is 32.1 Å². The SMILES string of the molecule is CCCC1CC1(C)CCC. The van der Waals surface area contributed by atoms with Crippen LogP contribution in [0.15, 0.2) is 0 Å². The van der Waals surface area contributed by atoms with E-state index in [9.17, 15) is 0 Å². The van der Waals surface area contributed by atoms with Crippen LogP contribution >= 0.6 is 0 Å². The van der Waals surface area contributed by atoms with Gasteiger partial charge in [0.15, 0.2) is 0 Å². The van der Waals surface area contributed by atoms with Crippen LogP contribution in [0, 0.1) is 11.3 Å². The zero-order valence-electron chi connectivity index (χ0n) is 7.61. The highest BCUT2D eigenvalue weighted by molar-refractivity contribution is 4.97. The number of hydrogen-bond acceptors (Lipinski definition) is 0. The third-order valence-electron chi connectivity index (χ3n) is 3.00. The van der Waals surface area contributed by atoms with Gasteiger partial charge in [-0.15, -0.1) is 0 Å². The van der Waals surface area contributed by atoms with Crippen molar-refractivity contribution >= 4 is 0 Å². The van der Waals surface area contributed by atoms with Gasteiger partial charge >= 0.3 is 0 Å². The van der Waals surface area contributed by atoms with Gasteiger partial charge in [-0.25, -0.2) is 0 Å². The Morgan fingerprint density at radius 1 is 1.30 bits per heavy atom. The molecule has 1 aliphatic rings. The third kappa shape index (κ3) is 1.53. The summed E-state index contributed by atoms with van der Waals surface area (Å²) in [5, 5.41) is 0. The fourth-order valence-corrected chi connectivity index (χ4v) is 2.18. The molecule has 1 aliphatic carbocycles. The van der Waals surface area contributed by atoms with Crippen LogP contribution in [-0.4, -0.2) is 0 Å². The summed E-state index contributed by atoms with van der Waals surface area (Å²) in [7, 11) is 0. The summed E-state index contributed by atoms with van der Waals surface area (Å²) in [6.07, 6.45) is 7.18. The summed E-state index contributed by atoms with van der Waals surface area (Å²) in [4.78, 5) is 0. The first kappa shape index (κ1) is 8.10. The van der Waals surface area contributed by atoms with Crippen LogP contribution in [0.25, 0.3) is 0 Å². The van der Waals surface area contributed by atoms with Crippen LogP contribution in [0.1, 0.15) is 52.9 Å². The molecule has 0 radical (unpaired) electrons. The van der Waals surface area contributed by atoms with E-state index >= 15 is 0 Å². The molecular formula is C10H20. The van der Waals surface area contributed by atoms with E-state index in [0.29, 0.717) is 0 Å². The normalized spacial score (nSPS) is 38.1. The summed E-state index contributed by atoms with van der Waals surface area (Å²) in [5.74, 6) is 1.08. The van der Waals surface area contributed by atoms with Crippen LogP contribution in [0.3, 0.4) is 0 Å². The minimum absolute atomic E-state index is 0.769. The molecule has 0 spiro atoms. The minimum Gasteiger partial charge on any atom is -0.0654 e. The molecule has 1 fully saturated rings. The molecule has 10 heavy (non-hydrogen) atoms. The molecule has 0 aromatic heterocycles. The van der Waals surface area contributed by atoms with Gasteiger partial charge < -0.3 is 0 Å². The highest BCUT2D eigenvalue weighted by Gasteiger charge is 2.47. The second-order valence-corrected chi connectivity index (χ2v) is 4.09. The van der Waals surface area contributed by atoms with Crippen molar-refractivity contribution in [3.8, 4) is 0 Å². The Morgan fingerprint density at radius 2 is 2.00 bits per heavy atom.